The van der Waals surface area contributed by atoms with Crippen molar-refractivity contribution >= 4 is 42.4 Å². The Kier molecular flexibility index (Phi) is 5.45. The monoisotopic (exact) mass is 387 g/mol. The molecule has 24 heavy (non-hydrogen) atoms. The predicted molar refractivity (Wildman–Crippen MR) is 102 cm³/mol. The Hall–Kier alpha value is -0.953. The molecule has 0 aliphatic carbocycles. The van der Waals surface area contributed by atoms with E-state index in [4.69, 9.17) is 27.6 Å². The number of halogens is 2. The van der Waals surface area contributed by atoms with Gasteiger partial charge in [0, 0.05) is 0 Å². The number of hydrogen-bond acceptors (Lipinski definition) is 4. The summed E-state index contributed by atoms with van der Waals surface area (Å²) in [5.41, 5.74) is 0.164. The summed E-state index contributed by atoms with van der Waals surface area (Å²) in [4.78, 5) is 20.9. The van der Waals surface area contributed by atoms with Crippen LogP contribution in [0.5, 0.6) is 0 Å². The molecule has 132 valence electrons. The first-order valence-electron chi connectivity index (χ1n) is 7.81. The minimum Gasteiger partial charge on any atom is -0.415 e. The maximum atomic E-state index is 12.7. The number of pyridine rings is 1. The van der Waals surface area contributed by atoms with Crippen molar-refractivity contribution < 1.29 is 4.43 Å². The highest BCUT2D eigenvalue weighted by Crippen LogP contribution is 2.36. The largest absolute Gasteiger partial charge is 0.415 e. The van der Waals surface area contributed by atoms with Crippen molar-refractivity contribution in [2.24, 2.45) is 0 Å². The Balaban J connectivity index is 2.33. The molecular formula is C16H23Cl2N3O2Si. The fourth-order valence-corrected chi connectivity index (χ4v) is 3.58. The summed E-state index contributed by atoms with van der Waals surface area (Å²) < 4.78 is 7.77. The molecule has 0 aliphatic rings. The van der Waals surface area contributed by atoms with Crippen molar-refractivity contribution in [2.45, 2.75) is 51.9 Å². The molecule has 0 saturated carbocycles. The number of hydrogen-bond donors (Lipinski definition) is 0. The lowest BCUT2D eigenvalue weighted by Crippen LogP contribution is -2.42. The summed E-state index contributed by atoms with van der Waals surface area (Å²) in [6.45, 7) is 13.3. The summed E-state index contributed by atoms with van der Waals surface area (Å²) in [6.07, 6.45) is 1.49. The molecule has 0 spiro atoms. The zero-order chi connectivity index (χ0) is 18.3. The SMILES string of the molecule is C[C@@H](CO[Si](C)(C)C(C)(C)C)n1cnc2c(Cl)nc(Cl)cc2c1=O. The zero-order valence-electron chi connectivity index (χ0n) is 14.9. The maximum absolute atomic E-state index is 12.7. The summed E-state index contributed by atoms with van der Waals surface area (Å²) in [6, 6.07) is 1.35. The molecule has 8 heteroatoms. The highest BCUT2D eigenvalue weighted by molar-refractivity contribution is 6.74. The molecule has 0 bridgehead atoms. The maximum Gasteiger partial charge on any atom is 0.261 e. The van der Waals surface area contributed by atoms with Gasteiger partial charge in [0.25, 0.3) is 5.56 Å². The van der Waals surface area contributed by atoms with Gasteiger partial charge in [-0.05, 0) is 31.1 Å². The highest BCUT2D eigenvalue weighted by atomic mass is 35.5. The van der Waals surface area contributed by atoms with Gasteiger partial charge in [-0.15, -0.1) is 0 Å². The molecule has 2 rings (SSSR count). The van der Waals surface area contributed by atoms with Crippen molar-refractivity contribution in [1.29, 1.82) is 0 Å². The molecule has 2 aromatic heterocycles. The molecule has 0 aromatic carbocycles. The predicted octanol–water partition coefficient (Wildman–Crippen LogP) is 4.68. The average Bonchev–Trinajstić information content (AvgIpc) is 2.44. The Morgan fingerprint density at radius 2 is 1.96 bits per heavy atom. The smallest absolute Gasteiger partial charge is 0.261 e. The van der Waals surface area contributed by atoms with Crippen molar-refractivity contribution in [3.05, 3.63) is 33.1 Å². The van der Waals surface area contributed by atoms with Crippen LogP contribution in [0.1, 0.15) is 33.7 Å². The van der Waals surface area contributed by atoms with E-state index in [1.165, 1.54) is 12.4 Å². The fourth-order valence-electron chi connectivity index (χ4n) is 2.01. The van der Waals surface area contributed by atoms with Crippen LogP contribution in [0.3, 0.4) is 0 Å². The third-order valence-corrected chi connectivity index (χ3v) is 9.62. The molecular weight excluding hydrogens is 365 g/mol. The summed E-state index contributed by atoms with van der Waals surface area (Å²) in [5, 5.41) is 0.786. The van der Waals surface area contributed by atoms with Crippen LogP contribution in [-0.2, 0) is 4.43 Å². The van der Waals surface area contributed by atoms with E-state index in [0.29, 0.717) is 17.5 Å². The van der Waals surface area contributed by atoms with Gasteiger partial charge in [-0.25, -0.2) is 9.97 Å². The zero-order valence-corrected chi connectivity index (χ0v) is 17.4. The van der Waals surface area contributed by atoms with E-state index >= 15 is 0 Å². The summed E-state index contributed by atoms with van der Waals surface area (Å²) in [5.74, 6) is 0. The molecule has 0 fully saturated rings. The van der Waals surface area contributed by atoms with E-state index < -0.39 is 8.32 Å². The van der Waals surface area contributed by atoms with Crippen LogP contribution in [0.2, 0.25) is 28.4 Å². The van der Waals surface area contributed by atoms with E-state index in [0.717, 1.165) is 0 Å². The van der Waals surface area contributed by atoms with Crippen LogP contribution < -0.4 is 5.56 Å². The van der Waals surface area contributed by atoms with Gasteiger partial charge in [0.05, 0.1) is 24.4 Å². The first-order valence-corrected chi connectivity index (χ1v) is 11.5. The number of aromatic nitrogens is 3. The van der Waals surface area contributed by atoms with Crippen LogP contribution in [0, 0.1) is 0 Å². The summed E-state index contributed by atoms with van der Waals surface area (Å²) >= 11 is 11.9. The van der Waals surface area contributed by atoms with Crippen molar-refractivity contribution in [1.82, 2.24) is 14.5 Å². The molecule has 0 aliphatic heterocycles. The molecule has 5 nitrogen and oxygen atoms in total. The second-order valence-corrected chi connectivity index (χ2v) is 13.1. The number of fused-ring (bicyclic) bond motifs is 1. The van der Waals surface area contributed by atoms with Crippen molar-refractivity contribution in [3.63, 3.8) is 0 Å². The van der Waals surface area contributed by atoms with Gasteiger partial charge < -0.3 is 4.43 Å². The van der Waals surface area contributed by atoms with Gasteiger partial charge in [0.15, 0.2) is 13.5 Å². The molecule has 2 heterocycles. The third-order valence-electron chi connectivity index (χ3n) is 4.66. The minimum atomic E-state index is -1.88. The van der Waals surface area contributed by atoms with Crippen LogP contribution in [0.15, 0.2) is 17.2 Å². The Labute approximate surface area is 153 Å². The Morgan fingerprint density at radius 1 is 1.33 bits per heavy atom. The molecule has 0 unspecified atom stereocenters. The Bertz CT molecular complexity index is 815. The highest BCUT2D eigenvalue weighted by Gasteiger charge is 2.37. The van der Waals surface area contributed by atoms with Crippen molar-refractivity contribution in [2.75, 3.05) is 6.61 Å². The molecule has 0 N–H and O–H groups in total. The minimum absolute atomic E-state index is 0.117. The molecule has 1 atom stereocenters. The van der Waals surface area contributed by atoms with Gasteiger partial charge in [0.1, 0.15) is 10.7 Å². The van der Waals surface area contributed by atoms with Gasteiger partial charge in [-0.2, -0.15) is 0 Å². The molecule has 0 saturated heterocycles. The van der Waals surface area contributed by atoms with E-state index in [2.05, 4.69) is 43.8 Å². The lowest BCUT2D eigenvalue weighted by molar-refractivity contribution is 0.236. The van der Waals surface area contributed by atoms with Gasteiger partial charge in [0.2, 0.25) is 0 Å². The first-order chi connectivity index (χ1) is 10.9. The average molecular weight is 388 g/mol. The molecule has 0 amide bonds. The first kappa shape index (κ1) is 19.4. The van der Waals surface area contributed by atoms with E-state index in [-0.39, 0.29) is 26.9 Å². The van der Waals surface area contributed by atoms with Crippen LogP contribution in [0.4, 0.5) is 0 Å². The van der Waals surface area contributed by atoms with Gasteiger partial charge in [-0.3, -0.25) is 9.36 Å². The Morgan fingerprint density at radius 3 is 2.54 bits per heavy atom. The summed E-state index contributed by atoms with van der Waals surface area (Å²) in [7, 11) is -1.88. The topological polar surface area (TPSA) is 57.0 Å². The van der Waals surface area contributed by atoms with Crippen LogP contribution in [0.25, 0.3) is 10.9 Å². The lowest BCUT2D eigenvalue weighted by Gasteiger charge is -2.37. The number of nitrogens with zero attached hydrogens (tertiary/aromatic N) is 3. The number of rotatable bonds is 4. The fraction of sp³-hybridized carbons (Fsp3) is 0.562. The van der Waals surface area contributed by atoms with E-state index in [1.54, 1.807) is 4.57 Å². The normalized spacial score (nSPS) is 14.2. The molecule has 0 radical (unpaired) electrons. The van der Waals surface area contributed by atoms with E-state index in [9.17, 15) is 4.79 Å². The second-order valence-electron chi connectivity index (χ2n) is 7.51. The van der Waals surface area contributed by atoms with Gasteiger partial charge >= 0.3 is 0 Å². The van der Waals surface area contributed by atoms with E-state index in [1.807, 2.05) is 6.92 Å². The quantitative estimate of drug-likeness (QED) is 0.564. The van der Waals surface area contributed by atoms with Crippen molar-refractivity contribution in [3.8, 4) is 0 Å². The third kappa shape index (κ3) is 3.82. The lowest BCUT2D eigenvalue weighted by atomic mass is 10.2. The van der Waals surface area contributed by atoms with Crippen LogP contribution in [-0.4, -0.2) is 29.5 Å². The standard InChI is InChI=1S/C16H23Cl2N3O2Si/c1-10(8-23-24(5,6)16(2,3)4)21-9-19-13-11(15(21)22)7-12(17)20-14(13)18/h7,9-10H,8H2,1-6H3/t10-/m0/s1. The second kappa shape index (κ2) is 6.75. The van der Waals surface area contributed by atoms with Gasteiger partial charge in [-0.1, -0.05) is 44.0 Å². The molecule has 2 aromatic rings. The van der Waals surface area contributed by atoms with Crippen LogP contribution >= 0.6 is 23.2 Å².